The molecule has 9 heteroatoms. The summed E-state index contributed by atoms with van der Waals surface area (Å²) < 4.78 is 4.95. The number of nitrogens with zero attached hydrogens (tertiary/aromatic N) is 1. The zero-order valence-electron chi connectivity index (χ0n) is 16.3. The van der Waals surface area contributed by atoms with Gasteiger partial charge < -0.3 is 20.8 Å². The Morgan fingerprint density at radius 1 is 1.00 bits per heavy atom. The van der Waals surface area contributed by atoms with E-state index in [-0.39, 0.29) is 30.7 Å². The number of hydrogen-bond acceptors (Lipinski definition) is 6. The summed E-state index contributed by atoms with van der Waals surface area (Å²) in [5, 5.41) is 6.29. The van der Waals surface area contributed by atoms with Crippen LogP contribution in [0.25, 0.3) is 22.0 Å². The van der Waals surface area contributed by atoms with Crippen LogP contribution in [-0.2, 0) is 0 Å². The first-order valence-electron chi connectivity index (χ1n) is 9.51. The Hall–Kier alpha value is -4.40. The molecule has 0 saturated carbocycles. The number of rotatable bonds is 6. The Kier molecular flexibility index (Phi) is 5.48. The summed E-state index contributed by atoms with van der Waals surface area (Å²) in [5.41, 5.74) is 7.91. The molecule has 0 atom stereocenters. The maximum Gasteiger partial charge on any atom is 0.417 e. The van der Waals surface area contributed by atoms with Crippen LogP contribution in [-0.4, -0.2) is 34.9 Å². The molecule has 156 valence electrons. The van der Waals surface area contributed by atoms with Crippen LogP contribution in [0.4, 0.5) is 5.82 Å². The number of carbonyl (C=O) groups excluding carboxylic acids is 2. The van der Waals surface area contributed by atoms with Crippen molar-refractivity contribution in [3.63, 3.8) is 0 Å². The fraction of sp³-hybridized carbons (Fsp3) is 0.0909. The van der Waals surface area contributed by atoms with Crippen LogP contribution in [0.5, 0.6) is 0 Å². The van der Waals surface area contributed by atoms with Crippen LogP contribution in [0.3, 0.4) is 0 Å². The standard InChI is InChI=1S/C22H19N5O4/c23-19-15(12-13-6-1-2-8-16(13)26-19)21(29)25-11-4-3-10-24-20(28)14-7-5-9-17-18(14)27-22(30)31-17/h1-9,12H,10-11H2,(H2,23,26)(H,24,28)(H,25,29)(H,27,30)/b4-3+. The highest BCUT2D eigenvalue weighted by molar-refractivity contribution is 6.04. The summed E-state index contributed by atoms with van der Waals surface area (Å²) in [4.78, 5) is 42.8. The van der Waals surface area contributed by atoms with Crippen molar-refractivity contribution in [1.82, 2.24) is 20.6 Å². The molecule has 4 rings (SSSR count). The summed E-state index contributed by atoms with van der Waals surface area (Å²) in [5.74, 6) is -1.14. The molecule has 2 heterocycles. The molecule has 0 aliphatic heterocycles. The highest BCUT2D eigenvalue weighted by Crippen LogP contribution is 2.18. The van der Waals surface area contributed by atoms with Gasteiger partial charge in [-0.05, 0) is 24.3 Å². The van der Waals surface area contributed by atoms with Crippen molar-refractivity contribution in [3.8, 4) is 0 Å². The molecular weight excluding hydrogens is 398 g/mol. The molecule has 0 radical (unpaired) electrons. The molecule has 4 aromatic rings. The van der Waals surface area contributed by atoms with Crippen LogP contribution >= 0.6 is 0 Å². The number of aromatic amines is 1. The van der Waals surface area contributed by atoms with Gasteiger partial charge in [-0.2, -0.15) is 0 Å². The summed E-state index contributed by atoms with van der Waals surface area (Å²) >= 11 is 0. The number of H-pyrrole nitrogens is 1. The van der Waals surface area contributed by atoms with E-state index >= 15 is 0 Å². The Morgan fingerprint density at radius 2 is 1.71 bits per heavy atom. The second kappa shape index (κ2) is 8.54. The van der Waals surface area contributed by atoms with Crippen molar-refractivity contribution < 1.29 is 14.0 Å². The quantitative estimate of drug-likeness (QED) is 0.353. The highest BCUT2D eigenvalue weighted by Gasteiger charge is 2.13. The Morgan fingerprint density at radius 3 is 2.48 bits per heavy atom. The predicted octanol–water partition coefficient (Wildman–Crippen LogP) is 1.97. The number of amides is 2. The zero-order chi connectivity index (χ0) is 21.8. The van der Waals surface area contributed by atoms with Crippen molar-refractivity contribution in [1.29, 1.82) is 0 Å². The minimum atomic E-state index is -0.617. The molecule has 9 nitrogen and oxygen atoms in total. The highest BCUT2D eigenvalue weighted by atomic mass is 16.4. The molecule has 2 amide bonds. The first-order valence-corrected chi connectivity index (χ1v) is 9.51. The minimum absolute atomic E-state index is 0.166. The molecule has 0 aliphatic carbocycles. The number of nitrogens with one attached hydrogen (secondary N) is 3. The van der Waals surface area contributed by atoms with Crippen molar-refractivity contribution in [2.24, 2.45) is 0 Å². The van der Waals surface area contributed by atoms with Crippen LogP contribution in [0.15, 0.2) is 69.9 Å². The maximum atomic E-state index is 12.4. The van der Waals surface area contributed by atoms with E-state index in [1.54, 1.807) is 36.4 Å². The summed E-state index contributed by atoms with van der Waals surface area (Å²) in [6, 6.07) is 13.9. The van der Waals surface area contributed by atoms with Crippen molar-refractivity contribution in [2.75, 3.05) is 18.8 Å². The third-order valence-corrected chi connectivity index (χ3v) is 4.63. The van der Waals surface area contributed by atoms with Crippen LogP contribution < -0.4 is 22.1 Å². The van der Waals surface area contributed by atoms with Gasteiger partial charge >= 0.3 is 5.76 Å². The lowest BCUT2D eigenvalue weighted by Gasteiger charge is -2.07. The van der Waals surface area contributed by atoms with Gasteiger partial charge in [-0.3, -0.25) is 14.6 Å². The van der Waals surface area contributed by atoms with E-state index in [9.17, 15) is 14.4 Å². The number of nitrogen functional groups attached to an aromatic ring is 1. The van der Waals surface area contributed by atoms with E-state index in [0.29, 0.717) is 22.2 Å². The average Bonchev–Trinajstić information content (AvgIpc) is 3.15. The normalized spacial score (nSPS) is 11.2. The number of benzene rings is 2. The Bertz CT molecular complexity index is 1370. The molecule has 0 saturated heterocycles. The van der Waals surface area contributed by atoms with Crippen molar-refractivity contribution >= 4 is 39.6 Å². The minimum Gasteiger partial charge on any atom is -0.408 e. The molecule has 0 bridgehead atoms. The smallest absolute Gasteiger partial charge is 0.408 e. The lowest BCUT2D eigenvalue weighted by Crippen LogP contribution is -2.26. The SMILES string of the molecule is Nc1nc2ccccc2cc1C(=O)NC/C=C/CNC(=O)c1cccc2oc(=O)[nH]c12. The van der Waals surface area contributed by atoms with Crippen LogP contribution in [0.1, 0.15) is 20.7 Å². The third kappa shape index (κ3) is 4.30. The summed E-state index contributed by atoms with van der Waals surface area (Å²) in [6.45, 7) is 0.498. The van der Waals surface area contributed by atoms with Crippen LogP contribution in [0, 0.1) is 0 Å². The molecule has 2 aromatic heterocycles. The molecule has 5 N–H and O–H groups in total. The number of nitrogens with two attached hydrogens (primary N) is 1. The van der Waals surface area contributed by atoms with E-state index in [1.807, 2.05) is 24.3 Å². The van der Waals surface area contributed by atoms with Gasteiger partial charge in [-0.25, -0.2) is 9.78 Å². The van der Waals surface area contributed by atoms with E-state index in [1.165, 1.54) is 0 Å². The number of aromatic nitrogens is 2. The monoisotopic (exact) mass is 417 g/mol. The Labute approximate surface area is 176 Å². The lowest BCUT2D eigenvalue weighted by atomic mass is 10.1. The van der Waals surface area contributed by atoms with E-state index < -0.39 is 5.76 Å². The second-order valence-corrected chi connectivity index (χ2v) is 6.70. The number of hydrogen-bond donors (Lipinski definition) is 4. The van der Waals surface area contributed by atoms with E-state index in [4.69, 9.17) is 10.2 Å². The van der Waals surface area contributed by atoms with Gasteiger partial charge in [-0.1, -0.05) is 36.4 Å². The van der Waals surface area contributed by atoms with Gasteiger partial charge in [0.25, 0.3) is 11.8 Å². The first-order chi connectivity index (χ1) is 15.0. The summed E-state index contributed by atoms with van der Waals surface area (Å²) in [7, 11) is 0. The van der Waals surface area contributed by atoms with Gasteiger partial charge in [0.2, 0.25) is 0 Å². The number of carbonyl (C=O) groups is 2. The van der Waals surface area contributed by atoms with Gasteiger partial charge in [0.1, 0.15) is 5.82 Å². The molecule has 0 fully saturated rings. The fourth-order valence-corrected chi connectivity index (χ4v) is 3.13. The fourth-order valence-electron chi connectivity index (χ4n) is 3.13. The van der Waals surface area contributed by atoms with E-state index in [2.05, 4.69) is 20.6 Å². The number of oxazole rings is 1. The number of pyridine rings is 1. The van der Waals surface area contributed by atoms with Gasteiger partial charge in [0.15, 0.2) is 5.58 Å². The van der Waals surface area contributed by atoms with Crippen molar-refractivity contribution in [3.05, 3.63) is 82.4 Å². The van der Waals surface area contributed by atoms with Crippen LogP contribution in [0.2, 0.25) is 0 Å². The molecule has 31 heavy (non-hydrogen) atoms. The summed E-state index contributed by atoms with van der Waals surface area (Å²) in [6.07, 6.45) is 3.42. The van der Waals surface area contributed by atoms with Gasteiger partial charge in [-0.15, -0.1) is 0 Å². The van der Waals surface area contributed by atoms with Crippen molar-refractivity contribution in [2.45, 2.75) is 0 Å². The average molecular weight is 417 g/mol. The first kappa shape index (κ1) is 19.9. The lowest BCUT2D eigenvalue weighted by molar-refractivity contribution is 0.0949. The maximum absolute atomic E-state index is 12.4. The Balaban J connectivity index is 1.30. The van der Waals surface area contributed by atoms with Gasteiger partial charge in [0, 0.05) is 18.5 Å². The second-order valence-electron chi connectivity index (χ2n) is 6.70. The molecule has 2 aromatic carbocycles. The molecule has 0 aliphatic rings. The molecular formula is C22H19N5O4. The molecule has 0 spiro atoms. The predicted molar refractivity (Wildman–Crippen MR) is 117 cm³/mol. The van der Waals surface area contributed by atoms with Gasteiger partial charge in [0.05, 0.1) is 22.2 Å². The largest absolute Gasteiger partial charge is 0.417 e. The van der Waals surface area contributed by atoms with E-state index in [0.717, 1.165) is 10.9 Å². The zero-order valence-corrected chi connectivity index (χ0v) is 16.3. The topological polar surface area (TPSA) is 143 Å². The third-order valence-electron chi connectivity index (χ3n) is 4.63. The number of fused-ring (bicyclic) bond motifs is 2. The number of para-hydroxylation sites is 2. The molecule has 0 unspecified atom stereocenters. The number of anilines is 1.